The van der Waals surface area contributed by atoms with E-state index in [0.717, 1.165) is 19.6 Å². The van der Waals surface area contributed by atoms with Crippen molar-refractivity contribution >= 4 is 39.8 Å². The van der Waals surface area contributed by atoms with E-state index in [1.807, 2.05) is 0 Å². The lowest BCUT2D eigenvalue weighted by molar-refractivity contribution is -0.153. The summed E-state index contributed by atoms with van der Waals surface area (Å²) in [6.45, 7) is 3.11. The standard InChI is InChI=1S/C39H51N5O9S/c1-28-20-22-32(23-21-28)54(50,51)44(29(2)45)34(18-10-12-24-40)36(46)42-33(26-30-14-6-4-7-15-30)37(47)43(35(38(48)52-3)19-11-13-25-41)39(49)53-27-31-16-8-5-9-17-31/h4-9,14-17,20-23,33-35H,10-13,18-19,24-27,40-41H2,1-3H3,(H,42,46)/t33-,34+,35+/m0/s1. The number of imide groups is 1. The molecular weight excluding hydrogens is 715 g/mol. The third kappa shape index (κ3) is 12.2. The topological polar surface area (TPSA) is 208 Å². The summed E-state index contributed by atoms with van der Waals surface area (Å²) in [6, 6.07) is 18.5. The molecule has 54 heavy (non-hydrogen) atoms. The Hall–Kier alpha value is -5.12. The number of nitrogens with two attached hydrogens (primary N) is 2. The van der Waals surface area contributed by atoms with Gasteiger partial charge in [-0.25, -0.2) is 27.2 Å². The molecule has 0 spiro atoms. The Morgan fingerprint density at radius 3 is 1.81 bits per heavy atom. The van der Waals surface area contributed by atoms with Crippen LogP contribution >= 0.6 is 0 Å². The Kier molecular flexibility index (Phi) is 17.3. The van der Waals surface area contributed by atoms with Crippen LogP contribution in [0.3, 0.4) is 0 Å². The van der Waals surface area contributed by atoms with E-state index in [-0.39, 0.29) is 50.3 Å². The molecule has 3 aromatic rings. The van der Waals surface area contributed by atoms with E-state index in [2.05, 4.69) is 5.32 Å². The van der Waals surface area contributed by atoms with Crippen LogP contribution in [-0.2, 0) is 51.7 Å². The van der Waals surface area contributed by atoms with Gasteiger partial charge in [-0.05, 0) is 81.8 Å². The third-order valence-corrected chi connectivity index (χ3v) is 10.6. The minimum Gasteiger partial charge on any atom is -0.467 e. The number of rotatable bonds is 20. The Bertz CT molecular complexity index is 1790. The van der Waals surface area contributed by atoms with E-state index in [9.17, 15) is 32.4 Å². The van der Waals surface area contributed by atoms with Gasteiger partial charge in [0.15, 0.2) is 0 Å². The van der Waals surface area contributed by atoms with Crippen molar-refractivity contribution in [2.24, 2.45) is 11.5 Å². The number of esters is 1. The first-order valence-electron chi connectivity index (χ1n) is 17.8. The van der Waals surface area contributed by atoms with Crippen molar-refractivity contribution in [2.45, 2.75) is 88.4 Å². The zero-order chi connectivity index (χ0) is 39.7. The van der Waals surface area contributed by atoms with E-state index in [0.29, 0.717) is 39.6 Å². The highest BCUT2D eigenvalue weighted by molar-refractivity contribution is 7.89. The van der Waals surface area contributed by atoms with E-state index in [1.54, 1.807) is 79.7 Å². The lowest BCUT2D eigenvalue weighted by Crippen LogP contribution is -2.60. The van der Waals surface area contributed by atoms with Crippen molar-refractivity contribution in [3.63, 3.8) is 0 Å². The van der Waals surface area contributed by atoms with Crippen LogP contribution in [0.15, 0.2) is 89.8 Å². The first-order chi connectivity index (χ1) is 25.8. The summed E-state index contributed by atoms with van der Waals surface area (Å²) in [7, 11) is -3.45. The van der Waals surface area contributed by atoms with E-state index < -0.39 is 57.9 Å². The van der Waals surface area contributed by atoms with Crippen LogP contribution in [0.1, 0.15) is 62.1 Å². The molecule has 0 saturated carbocycles. The van der Waals surface area contributed by atoms with Gasteiger partial charge in [-0.2, -0.15) is 0 Å². The van der Waals surface area contributed by atoms with Crippen molar-refractivity contribution in [1.82, 2.24) is 14.5 Å². The average molecular weight is 766 g/mol. The van der Waals surface area contributed by atoms with Crippen LogP contribution in [0.2, 0.25) is 0 Å². The molecule has 0 aliphatic rings. The van der Waals surface area contributed by atoms with Crippen molar-refractivity contribution in [3.05, 3.63) is 102 Å². The second-order valence-electron chi connectivity index (χ2n) is 12.8. The Balaban J connectivity index is 2.12. The molecule has 4 amide bonds. The molecule has 0 aliphatic heterocycles. The maximum atomic E-state index is 14.7. The minimum absolute atomic E-state index is 0.0172. The molecule has 292 valence electrons. The van der Waals surface area contributed by atoms with Gasteiger partial charge < -0.3 is 26.3 Å². The van der Waals surface area contributed by atoms with E-state index in [4.69, 9.17) is 20.9 Å². The van der Waals surface area contributed by atoms with Crippen LogP contribution < -0.4 is 16.8 Å². The minimum atomic E-state index is -4.57. The summed E-state index contributed by atoms with van der Waals surface area (Å²) >= 11 is 0. The summed E-state index contributed by atoms with van der Waals surface area (Å²) in [5.74, 6) is -3.80. The van der Waals surface area contributed by atoms with E-state index >= 15 is 0 Å². The number of hydrogen-bond donors (Lipinski definition) is 3. The second-order valence-corrected chi connectivity index (χ2v) is 14.6. The molecule has 3 aromatic carbocycles. The molecular formula is C39H51N5O9S. The van der Waals surface area contributed by atoms with Gasteiger partial charge in [0, 0.05) is 13.3 Å². The molecule has 5 N–H and O–H groups in total. The number of aryl methyl sites for hydroxylation is 1. The summed E-state index contributed by atoms with van der Waals surface area (Å²) in [4.78, 5) is 69.9. The van der Waals surface area contributed by atoms with Crippen LogP contribution in [0.4, 0.5) is 4.79 Å². The highest BCUT2D eigenvalue weighted by Crippen LogP contribution is 2.24. The zero-order valence-corrected chi connectivity index (χ0v) is 31.8. The number of amides is 4. The highest BCUT2D eigenvalue weighted by Gasteiger charge is 2.43. The maximum Gasteiger partial charge on any atom is 0.417 e. The Morgan fingerprint density at radius 2 is 1.30 bits per heavy atom. The van der Waals surface area contributed by atoms with Gasteiger partial charge in [-0.1, -0.05) is 78.4 Å². The van der Waals surface area contributed by atoms with Gasteiger partial charge in [-0.3, -0.25) is 14.4 Å². The van der Waals surface area contributed by atoms with Crippen LogP contribution in [-0.4, -0.2) is 85.7 Å². The quantitative estimate of drug-likeness (QED) is 0.112. The summed E-state index contributed by atoms with van der Waals surface area (Å²) in [5.41, 5.74) is 13.4. The fourth-order valence-corrected chi connectivity index (χ4v) is 7.41. The number of nitrogens with zero attached hydrogens (tertiary/aromatic N) is 2. The monoisotopic (exact) mass is 765 g/mol. The molecule has 0 aromatic heterocycles. The van der Waals surface area contributed by atoms with Crippen molar-refractivity contribution < 1.29 is 41.9 Å². The molecule has 14 nitrogen and oxygen atoms in total. The smallest absolute Gasteiger partial charge is 0.417 e. The molecule has 3 rings (SSSR count). The Morgan fingerprint density at radius 1 is 0.759 bits per heavy atom. The molecule has 0 fully saturated rings. The number of unbranched alkanes of at least 4 members (excludes halogenated alkanes) is 2. The predicted octanol–water partition coefficient (Wildman–Crippen LogP) is 3.59. The maximum absolute atomic E-state index is 14.7. The fraction of sp³-hybridized carbons (Fsp3) is 0.410. The molecule has 0 aliphatic carbocycles. The van der Waals surface area contributed by atoms with Crippen molar-refractivity contribution in [1.29, 1.82) is 0 Å². The number of methoxy groups -OCH3 is 1. The van der Waals surface area contributed by atoms with Crippen LogP contribution in [0, 0.1) is 6.92 Å². The number of ether oxygens (including phenoxy) is 2. The lowest BCUT2D eigenvalue weighted by Gasteiger charge is -2.33. The molecule has 0 bridgehead atoms. The van der Waals surface area contributed by atoms with Crippen molar-refractivity contribution in [3.8, 4) is 0 Å². The molecule has 0 unspecified atom stereocenters. The number of carbonyl (C=O) groups is 5. The van der Waals surface area contributed by atoms with Gasteiger partial charge in [0.2, 0.25) is 11.8 Å². The zero-order valence-electron chi connectivity index (χ0n) is 31.0. The largest absolute Gasteiger partial charge is 0.467 e. The number of sulfonamides is 1. The number of nitrogens with one attached hydrogen (secondary N) is 1. The van der Waals surface area contributed by atoms with Gasteiger partial charge >= 0.3 is 12.1 Å². The first kappa shape index (κ1) is 43.3. The third-order valence-electron chi connectivity index (χ3n) is 8.66. The molecule has 0 saturated heterocycles. The second kappa shape index (κ2) is 21.5. The predicted molar refractivity (Wildman–Crippen MR) is 202 cm³/mol. The average Bonchev–Trinajstić information content (AvgIpc) is 3.16. The van der Waals surface area contributed by atoms with Gasteiger partial charge in [0.25, 0.3) is 15.9 Å². The van der Waals surface area contributed by atoms with Crippen LogP contribution in [0.5, 0.6) is 0 Å². The summed E-state index contributed by atoms with van der Waals surface area (Å²) in [5, 5.41) is 2.65. The van der Waals surface area contributed by atoms with Crippen LogP contribution in [0.25, 0.3) is 0 Å². The highest BCUT2D eigenvalue weighted by atomic mass is 32.2. The molecule has 0 radical (unpaired) electrons. The number of hydrogen-bond acceptors (Lipinski definition) is 11. The summed E-state index contributed by atoms with van der Waals surface area (Å²) < 4.78 is 39.1. The number of benzene rings is 3. The van der Waals surface area contributed by atoms with Gasteiger partial charge in [-0.15, -0.1) is 0 Å². The number of carbonyl (C=O) groups excluding carboxylic acids is 5. The normalized spacial score (nSPS) is 12.8. The van der Waals surface area contributed by atoms with E-state index in [1.165, 1.54) is 12.1 Å². The Labute approximate surface area is 317 Å². The molecule has 0 heterocycles. The summed E-state index contributed by atoms with van der Waals surface area (Å²) in [6.07, 6.45) is 0.0224. The van der Waals surface area contributed by atoms with Gasteiger partial charge in [0.05, 0.1) is 12.0 Å². The fourth-order valence-electron chi connectivity index (χ4n) is 5.83. The van der Waals surface area contributed by atoms with Crippen molar-refractivity contribution in [2.75, 3.05) is 20.2 Å². The SMILES string of the molecule is COC(=O)[C@@H](CCCCN)N(C(=O)OCc1ccccc1)C(=O)[C@H](Cc1ccccc1)NC(=O)[C@@H](CCCCN)N(C(C)=O)S(=O)(=O)c1ccc(C)cc1. The molecule has 3 atom stereocenters. The lowest BCUT2D eigenvalue weighted by atomic mass is 10.0. The molecule has 15 heteroatoms. The van der Waals surface area contributed by atoms with Gasteiger partial charge in [0.1, 0.15) is 24.7 Å². The first-order valence-corrected chi connectivity index (χ1v) is 19.3.